The van der Waals surface area contributed by atoms with Crippen molar-refractivity contribution in [1.82, 2.24) is 9.97 Å². The van der Waals surface area contributed by atoms with Crippen LogP contribution in [0.25, 0.3) is 0 Å². The van der Waals surface area contributed by atoms with Crippen LogP contribution in [-0.2, 0) is 0 Å². The number of hydrogen-bond acceptors (Lipinski definition) is 7. The third-order valence-corrected chi connectivity index (χ3v) is 3.47. The first kappa shape index (κ1) is 17.8. The number of thioether (sulfide) groups is 1. The van der Waals surface area contributed by atoms with Crippen LogP contribution in [0.2, 0.25) is 5.15 Å². The van der Waals surface area contributed by atoms with Crippen molar-refractivity contribution in [3.05, 3.63) is 39.0 Å². The topological polar surface area (TPSA) is 143 Å². The van der Waals surface area contributed by atoms with E-state index in [1.807, 2.05) is 0 Å². The summed E-state index contributed by atoms with van der Waals surface area (Å²) in [6, 6.07) is 4.90. The number of nitrogens with zero attached hydrogens (tertiary/aromatic N) is 4. The van der Waals surface area contributed by atoms with Crippen LogP contribution in [0.15, 0.2) is 28.3 Å². The lowest BCUT2D eigenvalue weighted by molar-refractivity contribution is -0.386. The number of hydrogen-bond donors (Lipinski definition) is 2. The van der Waals surface area contributed by atoms with Gasteiger partial charge in [0, 0.05) is 6.07 Å². The predicted molar refractivity (Wildman–Crippen MR) is 92.2 cm³/mol. The van der Waals surface area contributed by atoms with E-state index >= 15 is 0 Å². The molecule has 2 rings (SSSR count). The van der Waals surface area contributed by atoms with Gasteiger partial charge in [-0.1, -0.05) is 23.4 Å². The highest BCUT2D eigenvalue weighted by Crippen LogP contribution is 2.37. The second kappa shape index (κ2) is 7.32. The number of rotatable bonds is 5. The quantitative estimate of drug-likeness (QED) is 0.156. The van der Waals surface area contributed by atoms with Crippen LogP contribution in [0.3, 0.4) is 0 Å². The van der Waals surface area contributed by atoms with Gasteiger partial charge in [0.2, 0.25) is 5.15 Å². The molecule has 1 heterocycles. The monoisotopic (exact) mass is 368 g/mol. The van der Waals surface area contributed by atoms with Gasteiger partial charge in [-0.25, -0.2) is 9.98 Å². The summed E-state index contributed by atoms with van der Waals surface area (Å²) in [5.74, 6) is -0.0993. The van der Waals surface area contributed by atoms with Crippen molar-refractivity contribution in [2.75, 3.05) is 6.26 Å². The fourth-order valence-corrected chi connectivity index (χ4v) is 2.46. The van der Waals surface area contributed by atoms with Crippen LogP contribution in [0.5, 0.6) is 11.6 Å². The molecule has 0 aliphatic heterocycles. The minimum absolute atomic E-state index is 0.118. The van der Waals surface area contributed by atoms with E-state index in [1.54, 1.807) is 25.3 Å². The van der Waals surface area contributed by atoms with Crippen molar-refractivity contribution in [2.45, 2.75) is 12.1 Å². The number of aromatic nitrogens is 2. The van der Waals surface area contributed by atoms with Crippen LogP contribution in [0.1, 0.15) is 5.56 Å². The van der Waals surface area contributed by atoms with E-state index in [-0.39, 0.29) is 27.9 Å². The van der Waals surface area contributed by atoms with Crippen LogP contribution in [0, 0.1) is 17.0 Å². The normalized spacial score (nSPS) is 10.3. The van der Waals surface area contributed by atoms with Crippen molar-refractivity contribution >= 4 is 40.7 Å². The van der Waals surface area contributed by atoms with Crippen molar-refractivity contribution in [1.29, 1.82) is 0 Å². The summed E-state index contributed by atoms with van der Waals surface area (Å²) in [7, 11) is 0. The van der Waals surface area contributed by atoms with E-state index < -0.39 is 10.6 Å². The maximum absolute atomic E-state index is 11.2. The number of benzene rings is 1. The fraction of sp³-hybridized carbons (Fsp3) is 0.154. The first-order chi connectivity index (χ1) is 11.3. The van der Waals surface area contributed by atoms with Gasteiger partial charge < -0.3 is 16.2 Å². The number of nitrogens with two attached hydrogens (primary N) is 2. The van der Waals surface area contributed by atoms with Gasteiger partial charge in [-0.3, -0.25) is 10.1 Å². The van der Waals surface area contributed by atoms with E-state index in [0.717, 1.165) is 5.56 Å². The summed E-state index contributed by atoms with van der Waals surface area (Å²) in [6.07, 6.45) is 1.71. The molecule has 9 nitrogen and oxygen atoms in total. The summed E-state index contributed by atoms with van der Waals surface area (Å²) in [6.45, 7) is 1.80. The molecule has 0 amide bonds. The second-order valence-corrected chi connectivity index (χ2v) is 5.69. The van der Waals surface area contributed by atoms with E-state index in [0.29, 0.717) is 5.69 Å². The largest absolute Gasteiger partial charge is 0.433 e. The molecule has 0 aliphatic rings. The highest BCUT2D eigenvalue weighted by atomic mass is 35.5. The van der Waals surface area contributed by atoms with E-state index in [9.17, 15) is 10.1 Å². The Hall–Kier alpha value is -2.59. The molecular weight excluding hydrogens is 356 g/mol. The average Bonchev–Trinajstić information content (AvgIpc) is 2.44. The zero-order valence-corrected chi connectivity index (χ0v) is 14.3. The predicted octanol–water partition coefficient (Wildman–Crippen LogP) is 2.77. The lowest BCUT2D eigenvalue weighted by Crippen LogP contribution is -2.21. The fourth-order valence-electron chi connectivity index (χ4n) is 1.82. The summed E-state index contributed by atoms with van der Waals surface area (Å²) < 4.78 is 5.56. The lowest BCUT2D eigenvalue weighted by Gasteiger charge is -2.09. The third-order valence-electron chi connectivity index (χ3n) is 2.66. The molecule has 0 unspecified atom stereocenters. The van der Waals surface area contributed by atoms with Crippen LogP contribution in [-0.4, -0.2) is 27.1 Å². The molecule has 0 spiro atoms. The molecule has 126 valence electrons. The number of ether oxygens (including phenoxy) is 1. The Balaban J connectivity index is 2.51. The number of halogens is 1. The molecule has 4 N–H and O–H groups in total. The summed E-state index contributed by atoms with van der Waals surface area (Å²) in [5, 5.41) is 11.2. The van der Waals surface area contributed by atoms with Crippen LogP contribution < -0.4 is 16.2 Å². The molecule has 0 fully saturated rings. The van der Waals surface area contributed by atoms with Gasteiger partial charge in [-0.15, -0.1) is 0 Å². The number of aliphatic imine (C=N–C) groups is 1. The maximum Gasteiger partial charge on any atom is 0.368 e. The molecule has 0 saturated heterocycles. The summed E-state index contributed by atoms with van der Waals surface area (Å²) in [4.78, 5) is 22.3. The summed E-state index contributed by atoms with van der Waals surface area (Å²) >= 11 is 7.04. The Morgan fingerprint density at radius 3 is 2.67 bits per heavy atom. The average molecular weight is 369 g/mol. The first-order valence-corrected chi connectivity index (χ1v) is 8.05. The minimum Gasteiger partial charge on any atom is -0.433 e. The van der Waals surface area contributed by atoms with Gasteiger partial charge in [0.1, 0.15) is 5.75 Å². The van der Waals surface area contributed by atoms with Crippen LogP contribution in [0.4, 0.5) is 11.4 Å². The molecule has 2 aromatic rings. The lowest BCUT2D eigenvalue weighted by atomic mass is 10.2. The molecule has 0 radical (unpaired) electrons. The van der Waals surface area contributed by atoms with Crippen molar-refractivity contribution in [3.8, 4) is 11.6 Å². The molecule has 1 aromatic carbocycles. The molecule has 0 bridgehead atoms. The minimum atomic E-state index is -0.700. The Morgan fingerprint density at radius 2 is 2.08 bits per heavy atom. The molecule has 0 saturated carbocycles. The van der Waals surface area contributed by atoms with Crippen molar-refractivity contribution < 1.29 is 9.66 Å². The number of nitro groups is 1. The van der Waals surface area contributed by atoms with Crippen LogP contribution >= 0.6 is 23.4 Å². The third kappa shape index (κ3) is 4.24. The standard InChI is InChI=1S/C13H13ClN6O3S/c1-6-3-7(17-12(15)16)5-8(4-6)23-11-9(20(21)22)10(14)18-13(19-11)24-2/h3-5H,1-2H3,(H4,15,16,17). The Bertz CT molecular complexity index is 826. The Labute approximate surface area is 146 Å². The highest BCUT2D eigenvalue weighted by Gasteiger charge is 2.25. The molecule has 1 aromatic heterocycles. The van der Waals surface area contributed by atoms with Gasteiger partial charge in [-0.2, -0.15) is 4.98 Å². The van der Waals surface area contributed by atoms with Crippen molar-refractivity contribution in [2.24, 2.45) is 16.5 Å². The van der Waals surface area contributed by atoms with E-state index in [1.165, 1.54) is 17.8 Å². The van der Waals surface area contributed by atoms with Gasteiger partial charge in [0.15, 0.2) is 11.1 Å². The molecule has 24 heavy (non-hydrogen) atoms. The maximum atomic E-state index is 11.2. The first-order valence-electron chi connectivity index (χ1n) is 6.45. The Morgan fingerprint density at radius 1 is 1.38 bits per heavy atom. The van der Waals surface area contributed by atoms with E-state index in [4.69, 9.17) is 27.8 Å². The number of aryl methyl sites for hydroxylation is 1. The number of guanidine groups is 1. The molecule has 11 heteroatoms. The smallest absolute Gasteiger partial charge is 0.368 e. The SMILES string of the molecule is CSc1nc(Cl)c([N+](=O)[O-])c(Oc2cc(C)cc(N=C(N)N)c2)n1. The highest BCUT2D eigenvalue weighted by molar-refractivity contribution is 7.98. The molecule has 0 atom stereocenters. The summed E-state index contributed by atoms with van der Waals surface area (Å²) in [5.41, 5.74) is 11.4. The van der Waals surface area contributed by atoms with Gasteiger partial charge >= 0.3 is 11.6 Å². The molecule has 0 aliphatic carbocycles. The van der Waals surface area contributed by atoms with E-state index in [2.05, 4.69) is 15.0 Å². The zero-order valence-electron chi connectivity index (χ0n) is 12.7. The molecular formula is C13H13ClN6O3S. The Kier molecular flexibility index (Phi) is 5.42. The van der Waals surface area contributed by atoms with Gasteiger partial charge in [0.05, 0.1) is 10.6 Å². The second-order valence-electron chi connectivity index (χ2n) is 4.55. The van der Waals surface area contributed by atoms with Crippen molar-refractivity contribution in [3.63, 3.8) is 0 Å². The van der Waals surface area contributed by atoms with Gasteiger partial charge in [-0.05, 0) is 30.9 Å². The van der Waals surface area contributed by atoms with Gasteiger partial charge in [0.25, 0.3) is 0 Å². The zero-order chi connectivity index (χ0) is 17.9.